The van der Waals surface area contributed by atoms with E-state index in [1.165, 1.54) is 25.9 Å². The number of likely N-dealkylation sites (tertiary alicyclic amines) is 1. The van der Waals surface area contributed by atoms with Crippen LogP contribution < -0.4 is 10.9 Å². The topological polar surface area (TPSA) is 48.1 Å². The maximum atomic E-state index is 12.1. The van der Waals surface area contributed by atoms with Crippen molar-refractivity contribution in [1.82, 2.24) is 15.2 Å². The molecule has 0 aliphatic carbocycles. The third kappa shape index (κ3) is 3.52. The molecule has 2 N–H and O–H groups in total. The maximum absolute atomic E-state index is 12.1. The molecule has 4 nitrogen and oxygen atoms in total. The Labute approximate surface area is 125 Å². The van der Waals surface area contributed by atoms with Gasteiger partial charge in [-0.3, -0.25) is 4.79 Å². The predicted octanol–water partition coefficient (Wildman–Crippen LogP) is 2.10. The van der Waals surface area contributed by atoms with Crippen LogP contribution in [0.2, 0.25) is 0 Å². The van der Waals surface area contributed by atoms with Gasteiger partial charge >= 0.3 is 0 Å². The highest BCUT2D eigenvalue weighted by molar-refractivity contribution is 5.78. The maximum Gasteiger partial charge on any atom is 0.252 e. The Morgan fingerprint density at radius 1 is 1.29 bits per heavy atom. The fourth-order valence-corrected chi connectivity index (χ4v) is 3.03. The third-order valence-corrected chi connectivity index (χ3v) is 4.20. The summed E-state index contributed by atoms with van der Waals surface area (Å²) in [6, 6.07) is 10.3. The van der Waals surface area contributed by atoms with Gasteiger partial charge in [0.25, 0.3) is 5.56 Å². The van der Waals surface area contributed by atoms with Crippen LogP contribution in [0.15, 0.2) is 35.1 Å². The summed E-state index contributed by atoms with van der Waals surface area (Å²) in [6.45, 7) is 6.29. The van der Waals surface area contributed by atoms with E-state index < -0.39 is 0 Å². The summed E-state index contributed by atoms with van der Waals surface area (Å²) < 4.78 is 0. The van der Waals surface area contributed by atoms with Gasteiger partial charge in [0.2, 0.25) is 0 Å². The van der Waals surface area contributed by atoms with Gasteiger partial charge in [0.15, 0.2) is 0 Å². The second kappa shape index (κ2) is 6.41. The molecule has 3 rings (SSSR count). The van der Waals surface area contributed by atoms with Crippen molar-refractivity contribution in [3.63, 3.8) is 0 Å². The van der Waals surface area contributed by atoms with E-state index in [1.807, 2.05) is 30.3 Å². The van der Waals surface area contributed by atoms with Crippen LogP contribution in [0.4, 0.5) is 0 Å². The molecule has 1 aromatic carbocycles. The van der Waals surface area contributed by atoms with Gasteiger partial charge in [-0.1, -0.05) is 18.2 Å². The molecule has 1 saturated heterocycles. The summed E-state index contributed by atoms with van der Waals surface area (Å²) in [5.74, 6) is 0. The van der Waals surface area contributed by atoms with E-state index in [9.17, 15) is 4.79 Å². The standard InChI is InChI=1S/C17H23N3O/c1-13(12-20-8-4-5-9-20)18-11-15-10-14-6-2-3-7-16(14)19-17(15)21/h2-3,6-7,10,13,18H,4-5,8-9,11-12H2,1H3,(H,19,21). The number of para-hydroxylation sites is 1. The zero-order valence-electron chi connectivity index (χ0n) is 12.6. The molecule has 1 unspecified atom stereocenters. The van der Waals surface area contributed by atoms with E-state index in [4.69, 9.17) is 0 Å². The normalized spacial score (nSPS) is 17.4. The highest BCUT2D eigenvalue weighted by Gasteiger charge is 2.14. The molecule has 4 heteroatoms. The first-order valence-electron chi connectivity index (χ1n) is 7.79. The molecule has 0 radical (unpaired) electrons. The van der Waals surface area contributed by atoms with Gasteiger partial charge in [0.1, 0.15) is 0 Å². The molecule has 0 spiro atoms. The molecule has 1 aliphatic rings. The number of H-pyrrole nitrogens is 1. The Kier molecular flexibility index (Phi) is 4.36. The number of aromatic nitrogens is 1. The quantitative estimate of drug-likeness (QED) is 0.884. The van der Waals surface area contributed by atoms with Crippen molar-refractivity contribution in [1.29, 1.82) is 0 Å². The van der Waals surface area contributed by atoms with Crippen molar-refractivity contribution in [3.8, 4) is 0 Å². The zero-order chi connectivity index (χ0) is 14.7. The van der Waals surface area contributed by atoms with E-state index in [0.717, 1.165) is 23.0 Å². The molecule has 21 heavy (non-hydrogen) atoms. The largest absolute Gasteiger partial charge is 0.322 e. The second-order valence-electron chi connectivity index (χ2n) is 6.00. The Morgan fingerprint density at radius 3 is 2.86 bits per heavy atom. The molecule has 0 amide bonds. The Bertz CT molecular complexity index is 658. The van der Waals surface area contributed by atoms with Crippen LogP contribution in [0, 0.1) is 0 Å². The van der Waals surface area contributed by atoms with Crippen molar-refractivity contribution in [2.24, 2.45) is 0 Å². The Balaban J connectivity index is 1.64. The molecule has 2 heterocycles. The monoisotopic (exact) mass is 285 g/mol. The molecular formula is C17H23N3O. The highest BCUT2D eigenvalue weighted by atomic mass is 16.1. The second-order valence-corrected chi connectivity index (χ2v) is 6.00. The van der Waals surface area contributed by atoms with Crippen LogP contribution in [0.1, 0.15) is 25.3 Å². The van der Waals surface area contributed by atoms with Crippen molar-refractivity contribution in [2.45, 2.75) is 32.4 Å². The van der Waals surface area contributed by atoms with Gasteiger partial charge in [-0.15, -0.1) is 0 Å². The zero-order valence-corrected chi connectivity index (χ0v) is 12.6. The van der Waals surface area contributed by atoms with Gasteiger partial charge in [-0.2, -0.15) is 0 Å². The summed E-state index contributed by atoms with van der Waals surface area (Å²) in [4.78, 5) is 17.5. The number of hydrogen-bond acceptors (Lipinski definition) is 3. The summed E-state index contributed by atoms with van der Waals surface area (Å²) in [6.07, 6.45) is 2.63. The van der Waals surface area contributed by atoms with Crippen LogP contribution in [0.3, 0.4) is 0 Å². The van der Waals surface area contributed by atoms with Crippen LogP contribution in [0.25, 0.3) is 10.9 Å². The van der Waals surface area contributed by atoms with E-state index in [2.05, 4.69) is 22.1 Å². The van der Waals surface area contributed by atoms with E-state index >= 15 is 0 Å². The molecular weight excluding hydrogens is 262 g/mol. The van der Waals surface area contributed by atoms with Crippen molar-refractivity contribution >= 4 is 10.9 Å². The van der Waals surface area contributed by atoms with Crippen LogP contribution in [-0.2, 0) is 6.54 Å². The van der Waals surface area contributed by atoms with Gasteiger partial charge in [-0.05, 0) is 50.4 Å². The molecule has 2 aromatic rings. The predicted molar refractivity (Wildman–Crippen MR) is 86.5 cm³/mol. The van der Waals surface area contributed by atoms with Crippen LogP contribution in [-0.4, -0.2) is 35.6 Å². The number of benzene rings is 1. The van der Waals surface area contributed by atoms with Gasteiger partial charge in [0, 0.05) is 30.2 Å². The average molecular weight is 285 g/mol. The molecule has 112 valence electrons. The lowest BCUT2D eigenvalue weighted by molar-refractivity contribution is 0.298. The number of rotatable bonds is 5. The van der Waals surface area contributed by atoms with Crippen molar-refractivity contribution in [2.75, 3.05) is 19.6 Å². The number of aromatic amines is 1. The van der Waals surface area contributed by atoms with E-state index in [0.29, 0.717) is 12.6 Å². The smallest absolute Gasteiger partial charge is 0.252 e. The average Bonchev–Trinajstić information content (AvgIpc) is 2.98. The Hall–Kier alpha value is -1.65. The number of pyridine rings is 1. The highest BCUT2D eigenvalue weighted by Crippen LogP contribution is 2.10. The van der Waals surface area contributed by atoms with E-state index in [1.54, 1.807) is 0 Å². The molecule has 1 atom stereocenters. The fraction of sp³-hybridized carbons (Fsp3) is 0.471. The van der Waals surface area contributed by atoms with Gasteiger partial charge in [0.05, 0.1) is 0 Å². The van der Waals surface area contributed by atoms with Crippen LogP contribution >= 0.6 is 0 Å². The molecule has 1 fully saturated rings. The van der Waals surface area contributed by atoms with Gasteiger partial charge in [-0.25, -0.2) is 0 Å². The minimum Gasteiger partial charge on any atom is -0.322 e. The summed E-state index contributed by atoms with van der Waals surface area (Å²) >= 11 is 0. The lowest BCUT2D eigenvalue weighted by Gasteiger charge is -2.21. The van der Waals surface area contributed by atoms with Crippen molar-refractivity contribution < 1.29 is 0 Å². The summed E-state index contributed by atoms with van der Waals surface area (Å²) in [5, 5.41) is 4.55. The first kappa shape index (κ1) is 14.3. The lowest BCUT2D eigenvalue weighted by Crippen LogP contribution is -2.38. The van der Waals surface area contributed by atoms with E-state index in [-0.39, 0.29) is 5.56 Å². The SMILES string of the molecule is CC(CN1CCCC1)NCc1cc2ccccc2[nH]c1=O. The molecule has 0 saturated carbocycles. The summed E-state index contributed by atoms with van der Waals surface area (Å²) in [7, 11) is 0. The lowest BCUT2D eigenvalue weighted by atomic mass is 10.1. The van der Waals surface area contributed by atoms with Crippen LogP contribution in [0.5, 0.6) is 0 Å². The molecule has 0 bridgehead atoms. The van der Waals surface area contributed by atoms with Gasteiger partial charge < -0.3 is 15.2 Å². The number of nitrogens with one attached hydrogen (secondary N) is 2. The third-order valence-electron chi connectivity index (χ3n) is 4.20. The number of fused-ring (bicyclic) bond motifs is 1. The van der Waals surface area contributed by atoms with Crippen molar-refractivity contribution in [3.05, 3.63) is 46.2 Å². The number of hydrogen-bond donors (Lipinski definition) is 2. The molecule has 1 aromatic heterocycles. The fourth-order valence-electron chi connectivity index (χ4n) is 3.03. The minimum atomic E-state index is 0.00886. The molecule has 1 aliphatic heterocycles. The Morgan fingerprint density at radius 2 is 2.05 bits per heavy atom. The first-order chi connectivity index (χ1) is 10.2. The summed E-state index contributed by atoms with van der Waals surface area (Å²) in [5.41, 5.74) is 1.72. The minimum absolute atomic E-state index is 0.00886. The number of nitrogens with zero attached hydrogens (tertiary/aromatic N) is 1. The first-order valence-corrected chi connectivity index (χ1v) is 7.79.